The van der Waals surface area contributed by atoms with Gasteiger partial charge in [-0.3, -0.25) is 9.36 Å². The zero-order valence-electron chi connectivity index (χ0n) is 14.7. The van der Waals surface area contributed by atoms with Crippen LogP contribution in [0, 0.1) is 6.92 Å². The highest BCUT2D eigenvalue weighted by atomic mass is 35.5. The summed E-state index contributed by atoms with van der Waals surface area (Å²) in [7, 11) is 0. The van der Waals surface area contributed by atoms with E-state index in [2.05, 4.69) is 4.98 Å². The van der Waals surface area contributed by atoms with Gasteiger partial charge in [-0.05, 0) is 30.2 Å². The molecule has 0 bridgehead atoms. The first-order chi connectivity index (χ1) is 13.1. The molecule has 0 aliphatic heterocycles. The molecule has 0 aliphatic rings. The van der Waals surface area contributed by atoms with Gasteiger partial charge < -0.3 is 4.74 Å². The second kappa shape index (κ2) is 7.55. The molecule has 6 heteroatoms. The van der Waals surface area contributed by atoms with Crippen LogP contribution in [-0.4, -0.2) is 16.2 Å². The van der Waals surface area contributed by atoms with Crippen molar-refractivity contribution in [3.05, 3.63) is 81.9 Å². The Balaban J connectivity index is 1.62. The van der Waals surface area contributed by atoms with Gasteiger partial charge in [0.1, 0.15) is 17.2 Å². The Morgan fingerprint density at radius 2 is 1.85 bits per heavy atom. The summed E-state index contributed by atoms with van der Waals surface area (Å²) in [5.74, 6) is 0.610. The third kappa shape index (κ3) is 3.48. The first kappa shape index (κ1) is 17.8. The highest BCUT2D eigenvalue weighted by Gasteiger charge is 2.15. The van der Waals surface area contributed by atoms with Crippen molar-refractivity contribution in [2.24, 2.45) is 0 Å². The molecule has 0 spiro atoms. The Bertz CT molecular complexity index is 1150. The molecule has 0 N–H and O–H groups in total. The Morgan fingerprint density at radius 3 is 2.63 bits per heavy atom. The van der Waals surface area contributed by atoms with Crippen LogP contribution in [0.1, 0.15) is 5.56 Å². The van der Waals surface area contributed by atoms with E-state index in [9.17, 15) is 4.79 Å². The number of fused-ring (bicyclic) bond motifs is 1. The molecule has 0 saturated heterocycles. The lowest BCUT2D eigenvalue weighted by Gasteiger charge is -2.09. The van der Waals surface area contributed by atoms with Gasteiger partial charge in [0.2, 0.25) is 0 Å². The summed E-state index contributed by atoms with van der Waals surface area (Å²) < 4.78 is 7.29. The first-order valence-electron chi connectivity index (χ1n) is 8.56. The van der Waals surface area contributed by atoms with Crippen molar-refractivity contribution < 1.29 is 4.74 Å². The van der Waals surface area contributed by atoms with Gasteiger partial charge >= 0.3 is 0 Å². The van der Waals surface area contributed by atoms with Gasteiger partial charge in [0.25, 0.3) is 5.56 Å². The van der Waals surface area contributed by atoms with E-state index >= 15 is 0 Å². The second-order valence-corrected chi connectivity index (χ2v) is 7.53. The summed E-state index contributed by atoms with van der Waals surface area (Å²) >= 11 is 7.64. The molecule has 0 saturated carbocycles. The number of halogens is 1. The van der Waals surface area contributed by atoms with Crippen LogP contribution in [0.5, 0.6) is 5.75 Å². The van der Waals surface area contributed by atoms with Crippen molar-refractivity contribution in [1.29, 1.82) is 0 Å². The van der Waals surface area contributed by atoms with Gasteiger partial charge in [-0.2, -0.15) is 0 Å². The number of para-hydroxylation sites is 1. The highest BCUT2D eigenvalue weighted by Crippen LogP contribution is 2.35. The van der Waals surface area contributed by atoms with Crippen LogP contribution in [0.3, 0.4) is 0 Å². The standard InChI is InChI=1S/C21H17ClN2O2S/c1-14-18-20(27-19(14)15-7-3-2-4-8-15)23-13-24(21(18)25)11-12-26-17-10-6-5-9-16(17)22/h2-10,13H,11-12H2,1H3. The summed E-state index contributed by atoms with van der Waals surface area (Å²) in [5.41, 5.74) is 2.03. The largest absolute Gasteiger partial charge is 0.490 e. The Labute approximate surface area is 165 Å². The molecule has 0 fully saturated rings. The number of rotatable bonds is 5. The van der Waals surface area contributed by atoms with Gasteiger partial charge in [0.15, 0.2) is 0 Å². The SMILES string of the molecule is Cc1c(-c2ccccc2)sc2ncn(CCOc3ccccc3Cl)c(=O)c12. The van der Waals surface area contributed by atoms with E-state index in [-0.39, 0.29) is 5.56 Å². The van der Waals surface area contributed by atoms with Crippen molar-refractivity contribution in [3.63, 3.8) is 0 Å². The molecular formula is C21H17ClN2O2S. The van der Waals surface area contributed by atoms with E-state index in [0.29, 0.717) is 29.3 Å². The van der Waals surface area contributed by atoms with Crippen LogP contribution in [0.15, 0.2) is 65.7 Å². The van der Waals surface area contributed by atoms with Crippen LogP contribution >= 0.6 is 22.9 Å². The quantitative estimate of drug-likeness (QED) is 0.467. The lowest BCUT2D eigenvalue weighted by molar-refractivity contribution is 0.296. The molecule has 27 heavy (non-hydrogen) atoms. The minimum Gasteiger partial charge on any atom is -0.490 e. The van der Waals surface area contributed by atoms with E-state index in [0.717, 1.165) is 20.8 Å². The Morgan fingerprint density at radius 1 is 1.11 bits per heavy atom. The molecule has 0 atom stereocenters. The van der Waals surface area contributed by atoms with E-state index in [1.165, 1.54) is 0 Å². The minimum atomic E-state index is -0.0429. The minimum absolute atomic E-state index is 0.0429. The van der Waals surface area contributed by atoms with E-state index < -0.39 is 0 Å². The topological polar surface area (TPSA) is 44.1 Å². The molecule has 136 valence electrons. The summed E-state index contributed by atoms with van der Waals surface area (Å²) in [4.78, 5) is 19.3. The lowest BCUT2D eigenvalue weighted by atomic mass is 10.1. The average molecular weight is 397 g/mol. The van der Waals surface area contributed by atoms with Gasteiger partial charge in [-0.15, -0.1) is 11.3 Å². The summed E-state index contributed by atoms with van der Waals surface area (Å²) in [6, 6.07) is 17.4. The molecule has 4 aromatic rings. The van der Waals surface area contributed by atoms with E-state index in [1.54, 1.807) is 28.3 Å². The number of benzene rings is 2. The maximum absolute atomic E-state index is 13.0. The van der Waals surface area contributed by atoms with Crippen LogP contribution in [0.4, 0.5) is 0 Å². The third-order valence-corrected chi connectivity index (χ3v) is 5.94. The molecule has 0 amide bonds. The molecule has 4 nitrogen and oxygen atoms in total. The fourth-order valence-corrected chi connectivity index (χ4v) is 4.33. The van der Waals surface area contributed by atoms with E-state index in [4.69, 9.17) is 16.3 Å². The normalized spacial score (nSPS) is 11.0. The molecular weight excluding hydrogens is 380 g/mol. The third-order valence-electron chi connectivity index (χ3n) is 4.38. The predicted octanol–water partition coefficient (Wildman–Crippen LogP) is 5.17. The zero-order chi connectivity index (χ0) is 18.8. The molecule has 0 unspecified atom stereocenters. The molecule has 2 aromatic heterocycles. The number of ether oxygens (including phenoxy) is 1. The summed E-state index contributed by atoms with van der Waals surface area (Å²) in [6.07, 6.45) is 1.59. The van der Waals surface area contributed by atoms with Crippen molar-refractivity contribution in [2.45, 2.75) is 13.5 Å². The number of hydrogen-bond acceptors (Lipinski definition) is 4. The predicted molar refractivity (Wildman–Crippen MR) is 111 cm³/mol. The van der Waals surface area contributed by atoms with E-state index in [1.807, 2.05) is 55.5 Å². The Kier molecular flexibility index (Phi) is 4.97. The van der Waals surface area contributed by atoms with Gasteiger partial charge in [-0.1, -0.05) is 54.1 Å². The highest BCUT2D eigenvalue weighted by molar-refractivity contribution is 7.22. The number of hydrogen-bond donors (Lipinski definition) is 0. The summed E-state index contributed by atoms with van der Waals surface area (Å²) in [5, 5.41) is 1.23. The molecule has 2 aromatic carbocycles. The van der Waals surface area contributed by atoms with Crippen LogP contribution in [0.2, 0.25) is 5.02 Å². The monoisotopic (exact) mass is 396 g/mol. The fourth-order valence-electron chi connectivity index (χ4n) is 3.00. The van der Waals surface area contributed by atoms with Crippen molar-refractivity contribution in [3.8, 4) is 16.2 Å². The van der Waals surface area contributed by atoms with Crippen molar-refractivity contribution >= 4 is 33.2 Å². The average Bonchev–Trinajstić information content (AvgIpc) is 3.03. The smallest absolute Gasteiger partial charge is 0.262 e. The van der Waals surface area contributed by atoms with Crippen molar-refractivity contribution in [2.75, 3.05) is 6.61 Å². The van der Waals surface area contributed by atoms with Crippen LogP contribution in [0.25, 0.3) is 20.7 Å². The van der Waals surface area contributed by atoms with Gasteiger partial charge in [0.05, 0.1) is 23.3 Å². The van der Waals surface area contributed by atoms with Crippen molar-refractivity contribution in [1.82, 2.24) is 9.55 Å². The lowest BCUT2D eigenvalue weighted by Crippen LogP contribution is -2.23. The van der Waals surface area contributed by atoms with Gasteiger partial charge in [-0.25, -0.2) is 4.98 Å². The fraction of sp³-hybridized carbons (Fsp3) is 0.143. The van der Waals surface area contributed by atoms with Crippen LogP contribution < -0.4 is 10.3 Å². The molecule has 0 radical (unpaired) electrons. The first-order valence-corrected chi connectivity index (χ1v) is 9.76. The molecule has 2 heterocycles. The maximum atomic E-state index is 13.0. The maximum Gasteiger partial charge on any atom is 0.262 e. The number of thiophene rings is 1. The molecule has 4 rings (SSSR count). The molecule has 0 aliphatic carbocycles. The van der Waals surface area contributed by atoms with Gasteiger partial charge in [0, 0.05) is 4.88 Å². The summed E-state index contributed by atoms with van der Waals surface area (Å²) in [6.45, 7) is 2.73. The number of nitrogens with zero attached hydrogens (tertiary/aromatic N) is 2. The zero-order valence-corrected chi connectivity index (χ0v) is 16.3. The van der Waals surface area contributed by atoms with Crippen LogP contribution in [-0.2, 0) is 6.54 Å². The Hall–Kier alpha value is -2.63. The number of aromatic nitrogens is 2. The number of aryl methyl sites for hydroxylation is 1. The second-order valence-electron chi connectivity index (χ2n) is 6.12.